The van der Waals surface area contributed by atoms with Gasteiger partial charge in [0.2, 0.25) is 0 Å². The molecule has 1 aromatic heterocycles. The zero-order valence-corrected chi connectivity index (χ0v) is 7.33. The number of hydrogen-bond donors (Lipinski definition) is 2. The van der Waals surface area contributed by atoms with Crippen LogP contribution in [0, 0.1) is 0 Å². The van der Waals surface area contributed by atoms with Crippen molar-refractivity contribution in [1.29, 1.82) is 0 Å². The highest BCUT2D eigenvalue weighted by Crippen LogP contribution is 2.37. The number of rotatable bonds is 0. The Morgan fingerprint density at radius 3 is 2.92 bits per heavy atom. The Kier molecular flexibility index (Phi) is 1.61. The summed E-state index contributed by atoms with van der Waals surface area (Å²) in [7, 11) is 0. The molecule has 1 aliphatic heterocycles. The Morgan fingerprint density at radius 1 is 1.42 bits per heavy atom. The number of hydrogen-bond acceptors (Lipinski definition) is 3. The first-order chi connectivity index (χ1) is 5.68. The zero-order chi connectivity index (χ0) is 8.72. The summed E-state index contributed by atoms with van der Waals surface area (Å²) in [6, 6.07) is 0. The maximum Gasteiger partial charge on any atom is 0.325 e. The van der Waals surface area contributed by atoms with Gasteiger partial charge in [0, 0.05) is 22.3 Å². The summed E-state index contributed by atoms with van der Waals surface area (Å²) in [6.07, 6.45) is 0. The summed E-state index contributed by atoms with van der Waals surface area (Å²) >= 11 is 1.66. The predicted octanol–water partition coefficient (Wildman–Crippen LogP) is 0.371. The van der Waals surface area contributed by atoms with Gasteiger partial charge in [0.1, 0.15) is 0 Å². The monoisotopic (exact) mass is 184 g/mol. The molecule has 64 valence electrons. The van der Waals surface area contributed by atoms with Crippen LogP contribution >= 0.6 is 11.8 Å². The molecule has 2 N–H and O–H groups in total. The molecule has 1 aromatic rings. The Balaban J connectivity index is 2.77. The lowest BCUT2D eigenvalue weighted by atomic mass is 10.2. The van der Waals surface area contributed by atoms with E-state index in [1.54, 1.807) is 11.8 Å². The molecule has 12 heavy (non-hydrogen) atoms. The molecule has 5 heteroatoms. The lowest BCUT2D eigenvalue weighted by Gasteiger charge is -2.00. The van der Waals surface area contributed by atoms with Crippen LogP contribution in [0.25, 0.3) is 0 Å². The molecule has 0 unspecified atom stereocenters. The van der Waals surface area contributed by atoms with Crippen LogP contribution in [0.4, 0.5) is 0 Å². The third-order valence-electron chi connectivity index (χ3n) is 1.96. The molecular weight excluding hydrogens is 176 g/mol. The largest absolute Gasteiger partial charge is 0.325 e. The van der Waals surface area contributed by atoms with Gasteiger partial charge in [-0.1, -0.05) is 0 Å². The van der Waals surface area contributed by atoms with Gasteiger partial charge in [0.05, 0.1) is 0 Å². The van der Waals surface area contributed by atoms with Gasteiger partial charge in [0.15, 0.2) is 0 Å². The van der Waals surface area contributed by atoms with Crippen LogP contribution in [-0.2, 0) is 5.75 Å². The maximum absolute atomic E-state index is 11.2. The summed E-state index contributed by atoms with van der Waals surface area (Å²) in [5.41, 5.74) is 0.847. The molecule has 0 amide bonds. The van der Waals surface area contributed by atoms with Gasteiger partial charge in [-0.3, -0.25) is 9.78 Å². The number of H-pyrrole nitrogens is 2. The lowest BCUT2D eigenvalue weighted by molar-refractivity contribution is 0.915. The Morgan fingerprint density at radius 2 is 2.17 bits per heavy atom. The number of fused-ring (bicyclic) bond motifs is 1. The molecule has 0 saturated carbocycles. The van der Waals surface area contributed by atoms with Crippen molar-refractivity contribution in [2.45, 2.75) is 17.9 Å². The zero-order valence-electron chi connectivity index (χ0n) is 6.51. The third-order valence-corrected chi connectivity index (χ3v) is 3.15. The molecule has 0 radical (unpaired) electrons. The minimum absolute atomic E-state index is 0.231. The first kappa shape index (κ1) is 7.67. The molecule has 0 aliphatic carbocycles. The van der Waals surface area contributed by atoms with E-state index in [-0.39, 0.29) is 10.8 Å². The molecule has 4 nitrogen and oxygen atoms in total. The third kappa shape index (κ3) is 1.01. The molecule has 0 aromatic carbocycles. The highest BCUT2D eigenvalue weighted by molar-refractivity contribution is 7.99. The average molecular weight is 184 g/mol. The van der Waals surface area contributed by atoms with Crippen molar-refractivity contribution in [3.8, 4) is 0 Å². The van der Waals surface area contributed by atoms with Crippen LogP contribution in [0.15, 0.2) is 9.59 Å². The molecule has 1 atom stereocenters. The van der Waals surface area contributed by atoms with E-state index in [0.717, 1.165) is 5.69 Å². The Bertz CT molecular complexity index is 420. The van der Waals surface area contributed by atoms with Crippen molar-refractivity contribution >= 4 is 11.8 Å². The standard InChI is InChI=1S/C7H8N2O2S/c1-3-5-4(2-12-3)6(10)9-7(11)8-5/h3H,2H2,1H3,(H2,8,9,10,11)/t3-/m1/s1. The van der Waals surface area contributed by atoms with E-state index in [2.05, 4.69) is 9.97 Å². The van der Waals surface area contributed by atoms with Crippen LogP contribution in [0.2, 0.25) is 0 Å². The van der Waals surface area contributed by atoms with E-state index >= 15 is 0 Å². The molecule has 2 heterocycles. The topological polar surface area (TPSA) is 65.7 Å². The van der Waals surface area contributed by atoms with Gasteiger partial charge in [-0.2, -0.15) is 0 Å². The highest BCUT2D eigenvalue weighted by atomic mass is 32.2. The van der Waals surface area contributed by atoms with Crippen molar-refractivity contribution in [3.05, 3.63) is 32.1 Å². The fraction of sp³-hybridized carbons (Fsp3) is 0.429. The van der Waals surface area contributed by atoms with E-state index in [0.29, 0.717) is 11.3 Å². The van der Waals surface area contributed by atoms with Gasteiger partial charge in [-0.25, -0.2) is 4.79 Å². The highest BCUT2D eigenvalue weighted by Gasteiger charge is 2.22. The smallest absolute Gasteiger partial charge is 0.310 e. The first-order valence-electron chi connectivity index (χ1n) is 3.65. The summed E-state index contributed by atoms with van der Waals surface area (Å²) in [5.74, 6) is 0.697. The van der Waals surface area contributed by atoms with Crippen molar-refractivity contribution in [2.75, 3.05) is 0 Å². The molecule has 0 spiro atoms. The van der Waals surface area contributed by atoms with Gasteiger partial charge in [0.25, 0.3) is 5.56 Å². The molecular formula is C7H8N2O2S. The van der Waals surface area contributed by atoms with Crippen LogP contribution in [0.1, 0.15) is 23.4 Å². The van der Waals surface area contributed by atoms with E-state index < -0.39 is 5.69 Å². The lowest BCUT2D eigenvalue weighted by Crippen LogP contribution is -2.26. The SMILES string of the molecule is C[C@H]1SCc2c1[nH]c(=O)[nH]c2=O. The fourth-order valence-corrected chi connectivity index (χ4v) is 2.38. The minimum atomic E-state index is -0.409. The molecule has 2 rings (SSSR count). The van der Waals surface area contributed by atoms with E-state index in [4.69, 9.17) is 0 Å². The van der Waals surface area contributed by atoms with Crippen LogP contribution in [0.3, 0.4) is 0 Å². The fourth-order valence-electron chi connectivity index (χ4n) is 1.31. The van der Waals surface area contributed by atoms with E-state index in [9.17, 15) is 9.59 Å². The minimum Gasteiger partial charge on any atom is -0.310 e. The summed E-state index contributed by atoms with van der Waals surface area (Å²) in [6.45, 7) is 1.98. The number of aromatic nitrogens is 2. The first-order valence-corrected chi connectivity index (χ1v) is 4.70. The van der Waals surface area contributed by atoms with Gasteiger partial charge in [-0.15, -0.1) is 11.8 Å². The Labute approximate surface area is 72.4 Å². The van der Waals surface area contributed by atoms with E-state index in [1.165, 1.54) is 0 Å². The van der Waals surface area contributed by atoms with Crippen LogP contribution in [-0.4, -0.2) is 9.97 Å². The molecule has 1 aliphatic rings. The summed E-state index contributed by atoms with van der Waals surface area (Å²) < 4.78 is 0. The van der Waals surface area contributed by atoms with Gasteiger partial charge in [-0.05, 0) is 6.92 Å². The number of nitrogens with one attached hydrogen (secondary N) is 2. The van der Waals surface area contributed by atoms with E-state index in [1.807, 2.05) is 6.92 Å². The quantitative estimate of drug-likeness (QED) is 0.612. The second-order valence-corrected chi connectivity index (χ2v) is 4.08. The average Bonchev–Trinajstić information content (AvgIpc) is 2.33. The van der Waals surface area contributed by atoms with Crippen LogP contribution < -0.4 is 11.2 Å². The second-order valence-electron chi connectivity index (χ2n) is 2.75. The maximum atomic E-state index is 11.2. The molecule has 0 bridgehead atoms. The van der Waals surface area contributed by atoms with Gasteiger partial charge < -0.3 is 4.98 Å². The van der Waals surface area contributed by atoms with Gasteiger partial charge >= 0.3 is 5.69 Å². The van der Waals surface area contributed by atoms with Crippen molar-refractivity contribution in [2.24, 2.45) is 0 Å². The van der Waals surface area contributed by atoms with Crippen molar-refractivity contribution < 1.29 is 0 Å². The normalized spacial score (nSPS) is 20.9. The number of thioether (sulfide) groups is 1. The summed E-state index contributed by atoms with van der Waals surface area (Å²) in [4.78, 5) is 26.9. The molecule has 0 saturated heterocycles. The van der Waals surface area contributed by atoms with Crippen molar-refractivity contribution in [1.82, 2.24) is 9.97 Å². The predicted molar refractivity (Wildman–Crippen MR) is 47.4 cm³/mol. The molecule has 0 fully saturated rings. The number of aromatic amines is 2. The second kappa shape index (κ2) is 2.52. The Hall–Kier alpha value is -0.970. The van der Waals surface area contributed by atoms with Crippen molar-refractivity contribution in [3.63, 3.8) is 0 Å². The summed E-state index contributed by atoms with van der Waals surface area (Å²) in [5, 5.41) is 0.231. The van der Waals surface area contributed by atoms with Crippen LogP contribution in [0.5, 0.6) is 0 Å².